The zero-order valence-electron chi connectivity index (χ0n) is 13.5. The van der Waals surface area contributed by atoms with Crippen LogP contribution in [0.2, 0.25) is 0 Å². The number of aromatic nitrogens is 2. The van der Waals surface area contributed by atoms with Crippen molar-refractivity contribution < 1.29 is 8.78 Å². The third-order valence-corrected chi connectivity index (χ3v) is 5.23. The van der Waals surface area contributed by atoms with Gasteiger partial charge in [0.25, 0.3) is 0 Å². The number of hydrogen-bond acceptors (Lipinski definition) is 4. The molecule has 2 heterocycles. The molecule has 0 atom stereocenters. The second-order valence-electron chi connectivity index (χ2n) is 5.49. The molecule has 0 amide bonds. The minimum absolute atomic E-state index is 0.0656. The number of hydrogen-bond donors (Lipinski definition) is 1. The number of halogens is 3. The van der Waals surface area contributed by atoms with Gasteiger partial charge >= 0.3 is 0 Å². The fourth-order valence-electron chi connectivity index (χ4n) is 2.41. The molecule has 130 valence electrons. The number of anilines is 1. The Morgan fingerprint density at radius 1 is 1.12 bits per heavy atom. The fraction of sp³-hybridized carbons (Fsp3) is 0.222. The molecule has 0 spiro atoms. The first-order valence-electron chi connectivity index (χ1n) is 7.84. The molecule has 7 heteroatoms. The molecule has 0 saturated heterocycles. The van der Waals surface area contributed by atoms with Gasteiger partial charge in [-0.15, -0.1) is 11.3 Å². The molecule has 1 N–H and O–H groups in total. The largest absolute Gasteiger partial charge is 0.370 e. The van der Waals surface area contributed by atoms with Gasteiger partial charge in [0.15, 0.2) is 0 Å². The van der Waals surface area contributed by atoms with Crippen molar-refractivity contribution in [3.05, 3.63) is 63.2 Å². The number of thiophene rings is 1. The average Bonchev–Trinajstić information content (AvgIpc) is 3.07. The minimum atomic E-state index is -0.553. The summed E-state index contributed by atoms with van der Waals surface area (Å²) >= 11 is 4.72. The first kappa shape index (κ1) is 17.9. The average molecular weight is 424 g/mol. The Bertz CT molecular complexity index is 859. The summed E-state index contributed by atoms with van der Waals surface area (Å²) in [7, 11) is 0. The smallest absolute Gasteiger partial charge is 0.130 e. The van der Waals surface area contributed by atoms with Crippen LogP contribution in [-0.4, -0.2) is 16.5 Å². The lowest BCUT2D eigenvalue weighted by atomic mass is 10.1. The van der Waals surface area contributed by atoms with Crippen LogP contribution in [0.1, 0.15) is 18.1 Å². The second-order valence-corrected chi connectivity index (χ2v) is 7.31. The Morgan fingerprint density at radius 3 is 2.56 bits per heavy atom. The SMILES string of the molecule is CCc1csc(-c2cc(NCCc3c(F)cc(Br)cc3F)ncn2)c1. The minimum Gasteiger partial charge on any atom is -0.370 e. The topological polar surface area (TPSA) is 37.8 Å². The quantitative estimate of drug-likeness (QED) is 0.571. The number of rotatable bonds is 6. The zero-order chi connectivity index (χ0) is 17.8. The summed E-state index contributed by atoms with van der Waals surface area (Å²) in [5, 5.41) is 5.22. The van der Waals surface area contributed by atoms with Crippen LogP contribution in [0.4, 0.5) is 14.6 Å². The molecule has 3 aromatic rings. The lowest BCUT2D eigenvalue weighted by molar-refractivity contribution is 0.555. The molecule has 0 fully saturated rings. The molecular weight excluding hydrogens is 408 g/mol. The van der Waals surface area contributed by atoms with E-state index in [1.807, 2.05) is 6.07 Å². The van der Waals surface area contributed by atoms with Gasteiger partial charge in [0.2, 0.25) is 0 Å². The molecule has 0 unspecified atom stereocenters. The van der Waals surface area contributed by atoms with Gasteiger partial charge in [-0.1, -0.05) is 22.9 Å². The predicted octanol–water partition coefficient (Wildman–Crippen LogP) is 5.46. The van der Waals surface area contributed by atoms with E-state index in [0.717, 1.165) is 17.0 Å². The van der Waals surface area contributed by atoms with Crippen molar-refractivity contribution in [2.75, 3.05) is 11.9 Å². The monoisotopic (exact) mass is 423 g/mol. The van der Waals surface area contributed by atoms with E-state index in [2.05, 4.69) is 49.6 Å². The van der Waals surface area contributed by atoms with Crippen LogP contribution in [0, 0.1) is 11.6 Å². The van der Waals surface area contributed by atoms with Crippen molar-refractivity contribution >= 4 is 33.1 Å². The Hall–Kier alpha value is -1.86. The maximum Gasteiger partial charge on any atom is 0.130 e. The highest BCUT2D eigenvalue weighted by Crippen LogP contribution is 2.27. The van der Waals surface area contributed by atoms with E-state index < -0.39 is 11.6 Å². The molecule has 3 nitrogen and oxygen atoms in total. The first-order valence-corrected chi connectivity index (χ1v) is 9.51. The van der Waals surface area contributed by atoms with Crippen molar-refractivity contribution in [3.63, 3.8) is 0 Å². The zero-order valence-corrected chi connectivity index (χ0v) is 15.9. The number of benzene rings is 1. The third-order valence-electron chi connectivity index (χ3n) is 3.77. The van der Waals surface area contributed by atoms with E-state index in [0.29, 0.717) is 16.8 Å². The van der Waals surface area contributed by atoms with Gasteiger partial charge in [-0.05, 0) is 42.0 Å². The van der Waals surface area contributed by atoms with Crippen molar-refractivity contribution in [3.8, 4) is 10.6 Å². The third kappa shape index (κ3) is 4.41. The maximum absolute atomic E-state index is 13.8. The van der Waals surface area contributed by atoms with E-state index in [1.54, 1.807) is 11.3 Å². The van der Waals surface area contributed by atoms with Crippen molar-refractivity contribution in [2.45, 2.75) is 19.8 Å². The molecule has 0 aliphatic rings. The molecule has 1 aromatic carbocycles. The van der Waals surface area contributed by atoms with Crippen molar-refractivity contribution in [1.29, 1.82) is 0 Å². The summed E-state index contributed by atoms with van der Waals surface area (Å²) in [6.07, 6.45) is 2.70. The summed E-state index contributed by atoms with van der Waals surface area (Å²) in [5.41, 5.74) is 2.17. The summed E-state index contributed by atoms with van der Waals surface area (Å²) in [6.45, 7) is 2.48. The highest BCUT2D eigenvalue weighted by atomic mass is 79.9. The van der Waals surface area contributed by atoms with Crippen LogP contribution in [0.3, 0.4) is 0 Å². The van der Waals surface area contributed by atoms with Crippen LogP contribution >= 0.6 is 27.3 Å². The summed E-state index contributed by atoms with van der Waals surface area (Å²) in [5.74, 6) is -0.472. The van der Waals surface area contributed by atoms with Gasteiger partial charge in [-0.2, -0.15) is 0 Å². The molecule has 0 bridgehead atoms. The Kier molecular flexibility index (Phi) is 5.75. The molecule has 3 rings (SSSR count). The highest BCUT2D eigenvalue weighted by Gasteiger charge is 2.11. The van der Waals surface area contributed by atoms with Crippen LogP contribution in [0.25, 0.3) is 10.6 Å². The molecule has 2 aromatic heterocycles. The van der Waals surface area contributed by atoms with Gasteiger partial charge in [-0.25, -0.2) is 18.7 Å². The summed E-state index contributed by atoms with van der Waals surface area (Å²) in [4.78, 5) is 9.54. The Balaban J connectivity index is 1.67. The summed E-state index contributed by atoms with van der Waals surface area (Å²) < 4.78 is 28.1. The number of aryl methyl sites for hydroxylation is 1. The van der Waals surface area contributed by atoms with Crippen molar-refractivity contribution in [1.82, 2.24) is 9.97 Å². The van der Waals surface area contributed by atoms with E-state index in [4.69, 9.17) is 0 Å². The van der Waals surface area contributed by atoms with Crippen LogP contribution in [0.15, 0.2) is 40.4 Å². The number of nitrogens with zero attached hydrogens (tertiary/aromatic N) is 2. The molecular formula is C18H16BrF2N3S. The van der Waals surface area contributed by atoms with E-state index in [-0.39, 0.29) is 12.0 Å². The van der Waals surface area contributed by atoms with Crippen LogP contribution < -0.4 is 5.32 Å². The maximum atomic E-state index is 13.8. The molecule has 0 aliphatic heterocycles. The van der Waals surface area contributed by atoms with E-state index in [9.17, 15) is 8.78 Å². The van der Waals surface area contributed by atoms with E-state index in [1.165, 1.54) is 24.0 Å². The lowest BCUT2D eigenvalue weighted by Gasteiger charge is -2.08. The van der Waals surface area contributed by atoms with Gasteiger partial charge in [0, 0.05) is 22.6 Å². The standard InChI is InChI=1S/C18H16BrF2N3S/c1-2-11-5-17(25-9-11)16-8-18(24-10-23-16)22-4-3-13-14(20)6-12(19)7-15(13)21/h5-10H,2-4H2,1H3,(H,22,23,24). The predicted molar refractivity (Wildman–Crippen MR) is 101 cm³/mol. The Morgan fingerprint density at radius 2 is 1.88 bits per heavy atom. The van der Waals surface area contributed by atoms with Crippen LogP contribution in [-0.2, 0) is 12.8 Å². The van der Waals surface area contributed by atoms with Gasteiger partial charge in [-0.3, -0.25) is 0 Å². The first-order chi connectivity index (χ1) is 12.1. The molecule has 25 heavy (non-hydrogen) atoms. The van der Waals surface area contributed by atoms with Gasteiger partial charge in [0.05, 0.1) is 10.6 Å². The number of nitrogens with one attached hydrogen (secondary N) is 1. The highest BCUT2D eigenvalue weighted by molar-refractivity contribution is 9.10. The van der Waals surface area contributed by atoms with Crippen LogP contribution in [0.5, 0.6) is 0 Å². The van der Waals surface area contributed by atoms with Gasteiger partial charge < -0.3 is 5.32 Å². The van der Waals surface area contributed by atoms with Crippen molar-refractivity contribution in [2.24, 2.45) is 0 Å². The molecule has 0 aliphatic carbocycles. The Labute approximate surface area is 157 Å². The van der Waals surface area contributed by atoms with Gasteiger partial charge in [0.1, 0.15) is 23.8 Å². The summed E-state index contributed by atoms with van der Waals surface area (Å²) in [6, 6.07) is 6.50. The lowest BCUT2D eigenvalue weighted by Crippen LogP contribution is -2.09. The second kappa shape index (κ2) is 8.01. The normalized spacial score (nSPS) is 10.9. The van der Waals surface area contributed by atoms with E-state index >= 15 is 0 Å². The molecule has 0 radical (unpaired) electrons. The molecule has 0 saturated carbocycles. The fourth-order valence-corrected chi connectivity index (χ4v) is 3.78.